The molecule has 0 unspecified atom stereocenters. The highest BCUT2D eigenvalue weighted by Gasteiger charge is 2.07. The van der Waals surface area contributed by atoms with E-state index in [-0.39, 0.29) is 10.7 Å². The van der Waals surface area contributed by atoms with Crippen LogP contribution in [0.25, 0.3) is 0 Å². The van der Waals surface area contributed by atoms with E-state index < -0.39 is 0 Å². The van der Waals surface area contributed by atoms with Crippen molar-refractivity contribution < 1.29 is 0 Å². The number of nitrogens with two attached hydrogens (primary N) is 1. The topological polar surface area (TPSA) is 73.8 Å². The molecule has 0 amide bonds. The Morgan fingerprint density at radius 1 is 1.50 bits per heavy atom. The Kier molecular flexibility index (Phi) is 3.47. The summed E-state index contributed by atoms with van der Waals surface area (Å²) in [7, 11) is 0. The largest absolute Gasteiger partial charge is 0.388 e. The maximum Gasteiger partial charge on any atom is 0.348 e. The fourth-order valence-corrected chi connectivity index (χ4v) is 1.79. The molecule has 5 nitrogen and oxygen atoms in total. The molecule has 0 saturated heterocycles. The highest BCUT2D eigenvalue weighted by Crippen LogP contribution is 2.06. The molecule has 18 heavy (non-hydrogen) atoms. The maximum atomic E-state index is 11.7. The van der Waals surface area contributed by atoms with Crippen molar-refractivity contribution in [3.05, 3.63) is 58.0 Å². The van der Waals surface area contributed by atoms with Gasteiger partial charge in [-0.1, -0.05) is 18.3 Å². The second-order valence-corrected chi connectivity index (χ2v) is 4.29. The Morgan fingerprint density at radius 2 is 2.28 bits per heavy atom. The van der Waals surface area contributed by atoms with Crippen molar-refractivity contribution in [1.82, 2.24) is 14.5 Å². The number of nitrogens with zero attached hydrogens (tertiary/aromatic N) is 3. The summed E-state index contributed by atoms with van der Waals surface area (Å²) in [5, 5.41) is 0. The van der Waals surface area contributed by atoms with Crippen molar-refractivity contribution in [3.8, 4) is 0 Å². The fraction of sp³-hybridized carbons (Fsp3) is 0.167. The second kappa shape index (κ2) is 5.05. The van der Waals surface area contributed by atoms with Crippen LogP contribution in [-0.4, -0.2) is 19.5 Å². The smallest absolute Gasteiger partial charge is 0.348 e. The SMILES string of the molecule is Cc1ccn(Cc2cccnc2C(N)=S)c(=O)n1. The molecule has 0 saturated carbocycles. The van der Waals surface area contributed by atoms with Crippen molar-refractivity contribution in [2.24, 2.45) is 5.73 Å². The van der Waals surface area contributed by atoms with E-state index in [2.05, 4.69) is 9.97 Å². The molecule has 2 heterocycles. The zero-order valence-electron chi connectivity index (χ0n) is 9.83. The van der Waals surface area contributed by atoms with Gasteiger partial charge < -0.3 is 5.73 Å². The number of thiocarbonyl (C=S) groups is 1. The summed E-state index contributed by atoms with van der Waals surface area (Å²) in [5.74, 6) is 0. The molecule has 0 fully saturated rings. The molecule has 0 radical (unpaired) electrons. The minimum absolute atomic E-state index is 0.221. The molecular weight excluding hydrogens is 248 g/mol. The molecule has 0 aromatic carbocycles. The quantitative estimate of drug-likeness (QED) is 0.819. The zero-order valence-corrected chi connectivity index (χ0v) is 10.6. The Hall–Kier alpha value is -2.08. The van der Waals surface area contributed by atoms with Gasteiger partial charge in [-0.2, -0.15) is 4.98 Å². The lowest BCUT2D eigenvalue weighted by Crippen LogP contribution is -2.25. The fourth-order valence-electron chi connectivity index (χ4n) is 1.61. The normalized spacial score (nSPS) is 10.3. The van der Waals surface area contributed by atoms with Gasteiger partial charge in [-0.25, -0.2) is 4.79 Å². The number of hydrogen-bond acceptors (Lipinski definition) is 4. The number of pyridine rings is 1. The van der Waals surface area contributed by atoms with Crippen LogP contribution < -0.4 is 11.4 Å². The lowest BCUT2D eigenvalue weighted by Gasteiger charge is -2.08. The average molecular weight is 260 g/mol. The first-order chi connectivity index (χ1) is 8.58. The Balaban J connectivity index is 2.40. The number of aryl methyl sites for hydroxylation is 1. The molecule has 92 valence electrons. The van der Waals surface area contributed by atoms with Gasteiger partial charge in [0.05, 0.1) is 6.54 Å². The first-order valence-electron chi connectivity index (χ1n) is 5.35. The van der Waals surface area contributed by atoms with Crippen molar-refractivity contribution in [3.63, 3.8) is 0 Å². The van der Waals surface area contributed by atoms with E-state index in [1.165, 1.54) is 4.57 Å². The number of aromatic nitrogens is 3. The van der Waals surface area contributed by atoms with E-state index in [1.807, 2.05) is 6.07 Å². The molecule has 2 aromatic rings. The third-order valence-corrected chi connectivity index (χ3v) is 2.67. The monoisotopic (exact) mass is 260 g/mol. The van der Waals surface area contributed by atoms with Crippen LogP contribution in [0, 0.1) is 6.92 Å². The van der Waals surface area contributed by atoms with E-state index >= 15 is 0 Å². The molecule has 0 bridgehead atoms. The predicted molar refractivity (Wildman–Crippen MR) is 72.5 cm³/mol. The minimum atomic E-state index is -0.298. The van der Waals surface area contributed by atoms with Crippen molar-refractivity contribution in [1.29, 1.82) is 0 Å². The van der Waals surface area contributed by atoms with Crippen LogP contribution >= 0.6 is 12.2 Å². The third-order valence-electron chi connectivity index (χ3n) is 2.48. The first-order valence-corrected chi connectivity index (χ1v) is 5.76. The Labute approximate surface area is 109 Å². The lowest BCUT2D eigenvalue weighted by atomic mass is 10.2. The number of rotatable bonds is 3. The Bertz CT molecular complexity index is 651. The van der Waals surface area contributed by atoms with Crippen LogP contribution in [0.4, 0.5) is 0 Å². The van der Waals surface area contributed by atoms with Gasteiger partial charge >= 0.3 is 5.69 Å². The summed E-state index contributed by atoms with van der Waals surface area (Å²) in [5.41, 5.74) is 7.33. The molecule has 2 N–H and O–H groups in total. The Morgan fingerprint density at radius 3 is 2.94 bits per heavy atom. The molecule has 2 aromatic heterocycles. The van der Waals surface area contributed by atoms with E-state index in [4.69, 9.17) is 18.0 Å². The van der Waals surface area contributed by atoms with Gasteiger partial charge in [0.1, 0.15) is 10.7 Å². The molecule has 0 aliphatic rings. The third kappa shape index (κ3) is 2.60. The van der Waals surface area contributed by atoms with E-state index in [0.717, 1.165) is 5.56 Å². The van der Waals surface area contributed by atoms with Gasteiger partial charge in [-0.05, 0) is 19.1 Å². The minimum Gasteiger partial charge on any atom is -0.388 e. The van der Waals surface area contributed by atoms with Crippen molar-refractivity contribution in [2.45, 2.75) is 13.5 Å². The van der Waals surface area contributed by atoms with Crippen LogP contribution in [0.2, 0.25) is 0 Å². The first kappa shape index (κ1) is 12.4. The van der Waals surface area contributed by atoms with Crippen LogP contribution in [-0.2, 0) is 6.54 Å². The molecule has 2 rings (SSSR count). The van der Waals surface area contributed by atoms with Crippen LogP contribution in [0.1, 0.15) is 17.0 Å². The van der Waals surface area contributed by atoms with Crippen LogP contribution in [0.5, 0.6) is 0 Å². The molecule has 0 aliphatic carbocycles. The van der Waals surface area contributed by atoms with Crippen molar-refractivity contribution in [2.75, 3.05) is 0 Å². The molecule has 0 atom stereocenters. The van der Waals surface area contributed by atoms with E-state index in [0.29, 0.717) is 17.9 Å². The van der Waals surface area contributed by atoms with Gasteiger partial charge in [-0.15, -0.1) is 0 Å². The highest BCUT2D eigenvalue weighted by atomic mass is 32.1. The summed E-state index contributed by atoms with van der Waals surface area (Å²) < 4.78 is 1.49. The van der Waals surface area contributed by atoms with Gasteiger partial charge in [0.2, 0.25) is 0 Å². The molecular formula is C12H12N4OS. The summed E-state index contributed by atoms with van der Waals surface area (Å²) in [6.07, 6.45) is 3.31. The molecule has 0 spiro atoms. The molecule has 0 aliphatic heterocycles. The van der Waals surface area contributed by atoms with E-state index in [1.54, 1.807) is 31.5 Å². The zero-order chi connectivity index (χ0) is 13.1. The average Bonchev–Trinajstić information content (AvgIpc) is 2.33. The molecule has 6 heteroatoms. The van der Waals surface area contributed by atoms with Crippen LogP contribution in [0.3, 0.4) is 0 Å². The summed E-state index contributed by atoms with van der Waals surface area (Å²) >= 11 is 4.93. The van der Waals surface area contributed by atoms with Crippen molar-refractivity contribution >= 4 is 17.2 Å². The summed E-state index contributed by atoms with van der Waals surface area (Å²) in [6.45, 7) is 2.13. The standard InChI is InChI=1S/C12H12N4OS/c1-8-4-6-16(12(17)15-8)7-9-3-2-5-14-10(9)11(13)18/h2-6H,7H2,1H3,(H2,13,18). The van der Waals surface area contributed by atoms with Crippen LogP contribution in [0.15, 0.2) is 35.4 Å². The van der Waals surface area contributed by atoms with Gasteiger partial charge in [0.15, 0.2) is 0 Å². The second-order valence-electron chi connectivity index (χ2n) is 3.85. The lowest BCUT2D eigenvalue weighted by molar-refractivity contribution is 0.717. The van der Waals surface area contributed by atoms with Gasteiger partial charge in [0.25, 0.3) is 0 Å². The van der Waals surface area contributed by atoms with E-state index in [9.17, 15) is 4.79 Å². The highest BCUT2D eigenvalue weighted by molar-refractivity contribution is 7.80. The van der Waals surface area contributed by atoms with Gasteiger partial charge in [0, 0.05) is 23.7 Å². The summed E-state index contributed by atoms with van der Waals surface area (Å²) in [6, 6.07) is 5.40. The predicted octanol–water partition coefficient (Wildman–Crippen LogP) is 0.629. The van der Waals surface area contributed by atoms with Gasteiger partial charge in [-0.3, -0.25) is 9.55 Å². The maximum absolute atomic E-state index is 11.7. The summed E-state index contributed by atoms with van der Waals surface area (Å²) in [4.78, 5) is 19.9. The number of hydrogen-bond donors (Lipinski definition) is 1.